The number of halogens is 3. The van der Waals surface area contributed by atoms with Gasteiger partial charge < -0.3 is 30.9 Å². The molecule has 17 nitrogen and oxygen atoms in total. The standard InChI is InChI=1S/C45H46Cl2FN9O8/c1-23-21-55(43(62)26-11-13-27(14-12-26)51-41(60)32-20-34(40(49)54-53-32)65-25(3)37-29(46)15-16-30(48)39(37)47)22-24(2)56(23)36(59)10-5-4-6-19-50-31-9-7-8-28-38(31)45(64)57(44(28)63)33-17-18-35(58)52-42(33)61/h7-9,11-16,20,23-25,33,50H,4-6,10,17-19,21-22H2,1-3H3,(H2,49,54)(H,51,60)(H,52,58,61)/t23-,24+,25-,33?/m1/s1. The minimum atomic E-state index is -1.05. The fourth-order valence-electron chi connectivity index (χ4n) is 8.40. The Morgan fingerprint density at radius 1 is 0.954 bits per heavy atom. The summed E-state index contributed by atoms with van der Waals surface area (Å²) < 4.78 is 20.0. The molecule has 4 heterocycles. The lowest BCUT2D eigenvalue weighted by molar-refractivity contribution is -0.139. The van der Waals surface area contributed by atoms with Crippen molar-refractivity contribution >= 4 is 81.7 Å². The summed E-state index contributed by atoms with van der Waals surface area (Å²) in [7, 11) is 0. The topological polar surface area (TPSA) is 226 Å². The maximum Gasteiger partial charge on any atom is 0.276 e. The Morgan fingerprint density at radius 2 is 1.68 bits per heavy atom. The van der Waals surface area contributed by atoms with Crippen molar-refractivity contribution in [2.24, 2.45) is 0 Å². The largest absolute Gasteiger partial charge is 0.482 e. The fraction of sp³-hybridized carbons (Fsp3) is 0.356. The number of benzene rings is 3. The van der Waals surface area contributed by atoms with Crippen LogP contribution < -0.4 is 26.4 Å². The van der Waals surface area contributed by atoms with Crippen LogP contribution in [0.1, 0.15) is 113 Å². The van der Waals surface area contributed by atoms with E-state index < -0.39 is 47.5 Å². The van der Waals surface area contributed by atoms with Crippen molar-refractivity contribution in [3.63, 3.8) is 0 Å². The van der Waals surface area contributed by atoms with Crippen LogP contribution in [0, 0.1) is 5.82 Å². The number of nitrogens with zero attached hydrogens (tertiary/aromatic N) is 5. The molecule has 0 spiro atoms. The Bertz CT molecular complexity index is 2570. The van der Waals surface area contributed by atoms with Gasteiger partial charge in [0, 0.05) is 78.2 Å². The number of fused-ring (bicyclic) bond motifs is 1. The number of nitrogen functional groups attached to an aromatic ring is 1. The van der Waals surface area contributed by atoms with E-state index in [4.69, 9.17) is 33.7 Å². The van der Waals surface area contributed by atoms with Crippen molar-refractivity contribution in [3.8, 4) is 5.75 Å². The molecular weight excluding hydrogens is 884 g/mol. The first-order valence-electron chi connectivity index (χ1n) is 21.1. The Kier molecular flexibility index (Phi) is 14.0. The highest BCUT2D eigenvalue weighted by Crippen LogP contribution is 2.36. The molecule has 3 aliphatic rings. The molecule has 4 aromatic rings. The summed E-state index contributed by atoms with van der Waals surface area (Å²) in [5, 5.41) is 15.8. The van der Waals surface area contributed by atoms with E-state index >= 15 is 0 Å². The number of anilines is 3. The van der Waals surface area contributed by atoms with E-state index in [-0.39, 0.29) is 80.7 Å². The molecule has 0 bridgehead atoms. The fourth-order valence-corrected chi connectivity index (χ4v) is 9.08. The van der Waals surface area contributed by atoms with Gasteiger partial charge in [-0.15, -0.1) is 10.2 Å². The first-order valence-corrected chi connectivity index (χ1v) is 21.8. The molecule has 4 atom stereocenters. The van der Waals surface area contributed by atoms with Gasteiger partial charge in [-0.25, -0.2) is 4.39 Å². The summed E-state index contributed by atoms with van der Waals surface area (Å²) in [6, 6.07) is 13.5. The molecular formula is C45H46Cl2FN9O8. The number of aromatic nitrogens is 2. The third kappa shape index (κ3) is 9.88. The second-order valence-electron chi connectivity index (χ2n) is 16.1. The lowest BCUT2D eigenvalue weighted by Gasteiger charge is -2.44. The Labute approximate surface area is 383 Å². The van der Waals surface area contributed by atoms with Gasteiger partial charge in [0.25, 0.3) is 23.6 Å². The number of hydrogen-bond donors (Lipinski definition) is 4. The first kappa shape index (κ1) is 46.3. The summed E-state index contributed by atoms with van der Waals surface area (Å²) in [6.07, 6.45) is 1.58. The smallest absolute Gasteiger partial charge is 0.276 e. The number of piperidine rings is 1. The van der Waals surface area contributed by atoms with Crippen LogP contribution in [0.2, 0.25) is 10.0 Å². The van der Waals surface area contributed by atoms with Gasteiger partial charge in [0.1, 0.15) is 18.0 Å². The van der Waals surface area contributed by atoms with E-state index in [9.17, 15) is 38.0 Å². The maximum atomic E-state index is 14.1. The van der Waals surface area contributed by atoms with Gasteiger partial charge >= 0.3 is 0 Å². The van der Waals surface area contributed by atoms with Crippen LogP contribution in [0.15, 0.2) is 60.7 Å². The molecule has 3 aromatic carbocycles. The summed E-state index contributed by atoms with van der Waals surface area (Å²) in [5.41, 5.74) is 7.66. The highest BCUT2D eigenvalue weighted by molar-refractivity contribution is 6.36. The monoisotopic (exact) mass is 929 g/mol. The highest BCUT2D eigenvalue weighted by Gasteiger charge is 2.45. The van der Waals surface area contributed by atoms with Gasteiger partial charge in [-0.05, 0) is 88.6 Å². The van der Waals surface area contributed by atoms with Crippen molar-refractivity contribution in [2.45, 2.75) is 83.5 Å². The highest BCUT2D eigenvalue weighted by atomic mass is 35.5. The van der Waals surface area contributed by atoms with Gasteiger partial charge in [0.2, 0.25) is 17.7 Å². The number of imide groups is 2. The molecule has 5 N–H and O–H groups in total. The van der Waals surface area contributed by atoms with Crippen LogP contribution in [0.25, 0.3) is 0 Å². The van der Waals surface area contributed by atoms with Crippen LogP contribution >= 0.6 is 23.2 Å². The Balaban J connectivity index is 0.857. The molecule has 1 unspecified atom stereocenters. The normalized spacial score (nSPS) is 18.9. The number of rotatable bonds is 14. The number of nitrogens with one attached hydrogen (secondary N) is 3. The molecule has 1 aromatic heterocycles. The molecule has 340 valence electrons. The molecule has 0 saturated carbocycles. The van der Waals surface area contributed by atoms with Crippen molar-refractivity contribution in [2.75, 3.05) is 36.0 Å². The van der Waals surface area contributed by atoms with Crippen LogP contribution in [0.5, 0.6) is 5.75 Å². The Hall–Kier alpha value is -6.66. The summed E-state index contributed by atoms with van der Waals surface area (Å²) in [6.45, 7) is 6.54. The average Bonchev–Trinajstić information content (AvgIpc) is 3.52. The quantitative estimate of drug-likeness (QED) is 0.0646. The molecule has 3 aliphatic heterocycles. The third-order valence-electron chi connectivity index (χ3n) is 11.5. The molecule has 0 radical (unpaired) electrons. The molecule has 0 aliphatic carbocycles. The van der Waals surface area contributed by atoms with E-state index in [1.807, 2.05) is 18.7 Å². The second-order valence-corrected chi connectivity index (χ2v) is 16.9. The number of ether oxygens (including phenoxy) is 1. The van der Waals surface area contributed by atoms with Gasteiger partial charge in [-0.2, -0.15) is 0 Å². The van der Waals surface area contributed by atoms with Crippen LogP contribution in [-0.2, 0) is 14.4 Å². The lowest BCUT2D eigenvalue weighted by atomic mass is 10.0. The van der Waals surface area contributed by atoms with E-state index in [2.05, 4.69) is 26.1 Å². The third-order valence-corrected chi connectivity index (χ3v) is 12.3. The lowest BCUT2D eigenvalue weighted by Crippen LogP contribution is -2.59. The molecule has 7 amide bonds. The van der Waals surface area contributed by atoms with Crippen molar-refractivity contribution < 1.29 is 42.7 Å². The van der Waals surface area contributed by atoms with Crippen LogP contribution in [0.4, 0.5) is 21.6 Å². The van der Waals surface area contributed by atoms with Crippen LogP contribution in [-0.4, -0.2) is 104 Å². The van der Waals surface area contributed by atoms with Crippen molar-refractivity contribution in [3.05, 3.63) is 104 Å². The van der Waals surface area contributed by atoms with Gasteiger partial charge in [-0.1, -0.05) is 35.7 Å². The zero-order chi connectivity index (χ0) is 46.7. The minimum Gasteiger partial charge on any atom is -0.482 e. The number of nitrogens with two attached hydrogens (primary N) is 1. The average molecular weight is 931 g/mol. The number of unbranched alkanes of at least 4 members (excludes halogenated alkanes) is 2. The minimum absolute atomic E-state index is 0.00133. The predicted octanol–water partition coefficient (Wildman–Crippen LogP) is 6.03. The van der Waals surface area contributed by atoms with E-state index in [1.165, 1.54) is 12.1 Å². The van der Waals surface area contributed by atoms with Gasteiger partial charge in [0.15, 0.2) is 17.3 Å². The molecule has 7 rings (SSSR count). The van der Waals surface area contributed by atoms with E-state index in [0.29, 0.717) is 62.3 Å². The summed E-state index contributed by atoms with van der Waals surface area (Å²) in [5.74, 6) is -3.93. The van der Waals surface area contributed by atoms with Gasteiger partial charge in [-0.3, -0.25) is 43.8 Å². The Morgan fingerprint density at radius 3 is 2.38 bits per heavy atom. The number of amides is 7. The number of carbonyl (C=O) groups excluding carboxylic acids is 7. The zero-order valence-electron chi connectivity index (χ0n) is 35.7. The zero-order valence-corrected chi connectivity index (χ0v) is 37.2. The maximum absolute atomic E-state index is 14.1. The van der Waals surface area contributed by atoms with Crippen molar-refractivity contribution in [1.29, 1.82) is 0 Å². The number of piperazine rings is 1. The first-order chi connectivity index (χ1) is 31.0. The number of carbonyl (C=O) groups is 7. The molecule has 20 heteroatoms. The van der Waals surface area contributed by atoms with Gasteiger partial charge in [0.05, 0.1) is 16.1 Å². The molecule has 65 heavy (non-hydrogen) atoms. The van der Waals surface area contributed by atoms with Crippen LogP contribution in [0.3, 0.4) is 0 Å². The SMILES string of the molecule is C[C@@H]1CN(C(=O)c2ccc(NC(=O)c3cc(O[C@H](C)c4c(Cl)ccc(F)c4Cl)c(N)nn3)cc2)C[C@H](C)N1C(=O)CCCCCNc1cccc2c1C(=O)N(C1CCC(=O)NC1=O)C2=O. The summed E-state index contributed by atoms with van der Waals surface area (Å²) >= 11 is 12.4. The number of hydrogen-bond acceptors (Lipinski definition) is 12. The predicted molar refractivity (Wildman–Crippen MR) is 238 cm³/mol. The van der Waals surface area contributed by atoms with E-state index in [0.717, 1.165) is 11.0 Å². The summed E-state index contributed by atoms with van der Waals surface area (Å²) in [4.78, 5) is 95.2. The molecule has 2 fully saturated rings. The second kappa shape index (κ2) is 19.6. The molecule has 2 saturated heterocycles. The van der Waals surface area contributed by atoms with E-state index in [1.54, 1.807) is 54.3 Å². The van der Waals surface area contributed by atoms with Crippen molar-refractivity contribution in [1.82, 2.24) is 30.2 Å².